The molecule has 0 aliphatic rings. The van der Waals surface area contributed by atoms with Crippen LogP contribution in [0.15, 0.2) is 26.8 Å². The first-order chi connectivity index (χ1) is 8.97. The zero-order valence-electron chi connectivity index (χ0n) is 10.1. The van der Waals surface area contributed by atoms with Crippen LogP contribution in [0.3, 0.4) is 0 Å². The fraction of sp³-hybridized carbons (Fsp3) is 0.167. The number of rotatable bonds is 3. The van der Waals surface area contributed by atoms with E-state index >= 15 is 0 Å². The second kappa shape index (κ2) is 5.58. The second-order valence-corrected chi connectivity index (χ2v) is 5.78. The van der Waals surface area contributed by atoms with Crippen molar-refractivity contribution in [2.24, 2.45) is 0 Å². The van der Waals surface area contributed by atoms with E-state index in [4.69, 9.17) is 5.73 Å². The molecule has 0 saturated carbocycles. The lowest BCUT2D eigenvalue weighted by Crippen LogP contribution is -2.24. The summed E-state index contributed by atoms with van der Waals surface area (Å²) in [5.74, 6) is -0.224. The highest BCUT2D eigenvalue weighted by molar-refractivity contribution is 9.10. The number of H-pyrrole nitrogens is 1. The summed E-state index contributed by atoms with van der Waals surface area (Å²) in [5.41, 5.74) is 8.31. The molecule has 1 amide bonds. The van der Waals surface area contributed by atoms with Gasteiger partial charge < -0.3 is 16.0 Å². The van der Waals surface area contributed by atoms with Gasteiger partial charge in [0, 0.05) is 26.8 Å². The highest BCUT2D eigenvalue weighted by Crippen LogP contribution is 2.22. The number of nitrogens with two attached hydrogens (primary N) is 1. The summed E-state index contributed by atoms with van der Waals surface area (Å²) in [6.07, 6.45) is 0. The van der Waals surface area contributed by atoms with Crippen molar-refractivity contribution in [1.82, 2.24) is 10.3 Å². The zero-order valence-corrected chi connectivity index (χ0v) is 12.5. The van der Waals surface area contributed by atoms with Gasteiger partial charge >= 0.3 is 4.87 Å². The van der Waals surface area contributed by atoms with Crippen molar-refractivity contribution in [3.8, 4) is 0 Å². The average molecular weight is 342 g/mol. The number of anilines is 1. The summed E-state index contributed by atoms with van der Waals surface area (Å²) in [6, 6.07) is 3.47. The number of nitrogens with one attached hydrogen (secondary N) is 2. The van der Waals surface area contributed by atoms with Gasteiger partial charge in [-0.3, -0.25) is 9.59 Å². The Morgan fingerprint density at radius 1 is 1.53 bits per heavy atom. The van der Waals surface area contributed by atoms with Crippen molar-refractivity contribution in [2.45, 2.75) is 13.5 Å². The summed E-state index contributed by atoms with van der Waals surface area (Å²) in [6.45, 7) is 2.08. The van der Waals surface area contributed by atoms with Crippen LogP contribution in [0, 0.1) is 6.92 Å². The molecule has 0 unspecified atom stereocenters. The van der Waals surface area contributed by atoms with Crippen LogP contribution in [-0.4, -0.2) is 10.9 Å². The number of hydrogen-bond acceptors (Lipinski definition) is 4. The highest BCUT2D eigenvalue weighted by Gasteiger charge is 2.12. The Hall–Kier alpha value is -1.60. The first kappa shape index (κ1) is 13.8. The predicted molar refractivity (Wildman–Crippen MR) is 79.4 cm³/mol. The topological polar surface area (TPSA) is 88.0 Å². The third-order valence-corrected chi connectivity index (χ3v) is 3.84. The van der Waals surface area contributed by atoms with Gasteiger partial charge in [-0.1, -0.05) is 27.3 Å². The van der Waals surface area contributed by atoms with E-state index in [2.05, 4.69) is 26.2 Å². The largest absolute Gasteiger partial charge is 0.398 e. The number of carbonyl (C=O) groups excluding carboxylic acids is 1. The maximum Gasteiger partial charge on any atom is 0.304 e. The molecule has 5 nitrogen and oxygen atoms in total. The van der Waals surface area contributed by atoms with Crippen molar-refractivity contribution >= 4 is 38.9 Å². The van der Waals surface area contributed by atoms with Gasteiger partial charge in [0.1, 0.15) is 0 Å². The normalized spacial score (nSPS) is 10.4. The van der Waals surface area contributed by atoms with Crippen LogP contribution in [0.25, 0.3) is 0 Å². The molecule has 2 aromatic rings. The molecule has 0 fully saturated rings. The Labute approximate surface area is 122 Å². The Morgan fingerprint density at radius 3 is 2.89 bits per heavy atom. The minimum atomic E-state index is -0.224. The minimum Gasteiger partial charge on any atom is -0.398 e. The first-order valence-corrected chi connectivity index (χ1v) is 7.15. The molecule has 100 valence electrons. The van der Waals surface area contributed by atoms with Gasteiger partial charge in [-0.15, -0.1) is 0 Å². The van der Waals surface area contributed by atoms with Crippen LogP contribution in [-0.2, 0) is 6.54 Å². The number of benzene rings is 1. The fourth-order valence-corrected chi connectivity index (χ4v) is 2.66. The van der Waals surface area contributed by atoms with Crippen LogP contribution in [0.2, 0.25) is 0 Å². The quantitative estimate of drug-likeness (QED) is 0.746. The molecule has 0 spiro atoms. The van der Waals surface area contributed by atoms with E-state index in [1.54, 1.807) is 24.4 Å². The second-order valence-electron chi connectivity index (χ2n) is 4.02. The van der Waals surface area contributed by atoms with Crippen molar-refractivity contribution in [3.63, 3.8) is 0 Å². The number of thiazole rings is 1. The van der Waals surface area contributed by atoms with Crippen molar-refractivity contribution in [2.75, 3.05) is 5.73 Å². The lowest BCUT2D eigenvalue weighted by Gasteiger charge is -2.09. The summed E-state index contributed by atoms with van der Waals surface area (Å²) < 4.78 is 0.754. The molecule has 1 aromatic heterocycles. The van der Waals surface area contributed by atoms with Gasteiger partial charge in [-0.05, 0) is 24.6 Å². The van der Waals surface area contributed by atoms with Gasteiger partial charge in [0.2, 0.25) is 0 Å². The maximum atomic E-state index is 12.1. The van der Waals surface area contributed by atoms with E-state index in [-0.39, 0.29) is 17.3 Å². The van der Waals surface area contributed by atoms with Crippen molar-refractivity contribution in [1.29, 1.82) is 0 Å². The Balaban J connectivity index is 2.14. The number of carbonyl (C=O) groups is 1. The lowest BCUT2D eigenvalue weighted by molar-refractivity contribution is 0.0950. The molecule has 7 heteroatoms. The van der Waals surface area contributed by atoms with Gasteiger partial charge in [0.25, 0.3) is 5.91 Å². The standard InChI is InChI=1S/C12H12BrN3O2S/c1-6-9(2-7(13)3-10(6)14)11(17)15-4-8-5-19-12(18)16-8/h2-3,5H,4,14H2,1H3,(H,15,17)(H,16,18). The molecule has 0 bridgehead atoms. The zero-order chi connectivity index (χ0) is 14.0. The van der Waals surface area contributed by atoms with Gasteiger partial charge in [-0.25, -0.2) is 0 Å². The summed E-state index contributed by atoms with van der Waals surface area (Å²) in [7, 11) is 0. The smallest absolute Gasteiger partial charge is 0.304 e. The van der Waals surface area contributed by atoms with E-state index in [0.717, 1.165) is 21.4 Å². The minimum absolute atomic E-state index is 0.132. The van der Waals surface area contributed by atoms with Crippen LogP contribution >= 0.6 is 27.3 Å². The van der Waals surface area contributed by atoms with Gasteiger partial charge in [-0.2, -0.15) is 0 Å². The third kappa shape index (κ3) is 3.24. The van der Waals surface area contributed by atoms with Crippen molar-refractivity contribution in [3.05, 3.63) is 48.5 Å². The van der Waals surface area contributed by atoms with Crippen LogP contribution in [0.5, 0.6) is 0 Å². The van der Waals surface area contributed by atoms with Crippen molar-refractivity contribution < 1.29 is 4.79 Å². The number of aromatic nitrogens is 1. The fourth-order valence-electron chi connectivity index (χ4n) is 1.61. The molecule has 0 atom stereocenters. The summed E-state index contributed by atoms with van der Waals surface area (Å²) in [5, 5.41) is 4.43. The summed E-state index contributed by atoms with van der Waals surface area (Å²) >= 11 is 4.38. The van der Waals surface area contributed by atoms with E-state index in [0.29, 0.717) is 16.9 Å². The average Bonchev–Trinajstić information content (AvgIpc) is 2.76. The molecule has 0 aliphatic heterocycles. The first-order valence-electron chi connectivity index (χ1n) is 5.48. The predicted octanol–water partition coefficient (Wildman–Crippen LogP) is 2.02. The highest BCUT2D eigenvalue weighted by atomic mass is 79.9. The van der Waals surface area contributed by atoms with E-state index in [1.807, 2.05) is 0 Å². The summed E-state index contributed by atoms with van der Waals surface area (Å²) in [4.78, 5) is 25.6. The molecule has 1 aromatic carbocycles. The third-order valence-electron chi connectivity index (χ3n) is 2.67. The lowest BCUT2D eigenvalue weighted by atomic mass is 10.1. The molecular formula is C12H12BrN3O2S. The van der Waals surface area contributed by atoms with Crippen LogP contribution in [0.1, 0.15) is 21.6 Å². The molecule has 0 saturated heterocycles. The van der Waals surface area contributed by atoms with E-state index in [9.17, 15) is 9.59 Å². The van der Waals surface area contributed by atoms with E-state index < -0.39 is 0 Å². The molecule has 1 heterocycles. The molecular weight excluding hydrogens is 330 g/mol. The molecule has 2 rings (SSSR count). The SMILES string of the molecule is Cc1c(N)cc(Br)cc1C(=O)NCc1csc(=O)[nH]1. The van der Waals surface area contributed by atoms with E-state index in [1.165, 1.54) is 0 Å². The monoisotopic (exact) mass is 341 g/mol. The molecule has 0 aliphatic carbocycles. The van der Waals surface area contributed by atoms with Crippen LogP contribution < -0.4 is 15.9 Å². The Morgan fingerprint density at radius 2 is 2.26 bits per heavy atom. The number of halogens is 1. The molecule has 4 N–H and O–H groups in total. The Kier molecular flexibility index (Phi) is 4.06. The number of hydrogen-bond donors (Lipinski definition) is 3. The molecule has 0 radical (unpaired) electrons. The maximum absolute atomic E-state index is 12.1. The number of aromatic amines is 1. The van der Waals surface area contributed by atoms with Gasteiger partial charge in [0.05, 0.1) is 6.54 Å². The number of amides is 1. The van der Waals surface area contributed by atoms with Gasteiger partial charge in [0.15, 0.2) is 0 Å². The van der Waals surface area contributed by atoms with Crippen LogP contribution in [0.4, 0.5) is 5.69 Å². The molecule has 19 heavy (non-hydrogen) atoms. The number of nitrogen functional groups attached to an aromatic ring is 1. The Bertz CT molecular complexity index is 678.